The lowest BCUT2D eigenvalue weighted by atomic mass is 9.63. The van der Waals surface area contributed by atoms with Gasteiger partial charge in [0.15, 0.2) is 0 Å². The summed E-state index contributed by atoms with van der Waals surface area (Å²) in [5.41, 5.74) is 3.43. The van der Waals surface area contributed by atoms with Crippen LogP contribution in [0, 0.1) is 11.3 Å². The van der Waals surface area contributed by atoms with E-state index in [9.17, 15) is 4.79 Å². The van der Waals surface area contributed by atoms with Crippen molar-refractivity contribution in [2.75, 3.05) is 32.8 Å². The third kappa shape index (κ3) is 5.54. The lowest BCUT2D eigenvalue weighted by molar-refractivity contribution is -0.148. The number of rotatable bonds is 5. The summed E-state index contributed by atoms with van der Waals surface area (Å²) in [4.78, 5) is 18.6. The Morgan fingerprint density at radius 1 is 1.12 bits per heavy atom. The Morgan fingerprint density at radius 2 is 1.82 bits per heavy atom. The van der Waals surface area contributed by atoms with Gasteiger partial charge < -0.3 is 14.5 Å². The quantitative estimate of drug-likeness (QED) is 0.505. The molecule has 0 aromatic heterocycles. The molecule has 1 amide bonds. The summed E-state index contributed by atoms with van der Waals surface area (Å²) in [6, 6.07) is 9.30. The topological polar surface area (TPSA) is 32.8 Å². The number of carbonyl (C=O) groups is 1. The molecule has 34 heavy (non-hydrogen) atoms. The lowest BCUT2D eigenvalue weighted by Crippen LogP contribution is -2.49. The van der Waals surface area contributed by atoms with E-state index < -0.39 is 0 Å². The average Bonchev–Trinajstić information content (AvgIpc) is 2.79. The molecule has 3 aliphatic rings. The van der Waals surface area contributed by atoms with Crippen molar-refractivity contribution in [1.29, 1.82) is 0 Å². The summed E-state index contributed by atoms with van der Waals surface area (Å²) < 4.78 is 5.91. The average molecular weight is 469 g/mol. The number of carbonyl (C=O) groups excluding carboxylic acids is 1. The number of fused-ring (bicyclic) bond motifs is 2. The minimum Gasteiger partial charge on any atom is -0.376 e. The summed E-state index contributed by atoms with van der Waals surface area (Å²) in [6.45, 7) is 18.5. The molecule has 2 saturated heterocycles. The van der Waals surface area contributed by atoms with Crippen molar-refractivity contribution < 1.29 is 9.53 Å². The highest BCUT2D eigenvalue weighted by Gasteiger charge is 2.45. The van der Waals surface area contributed by atoms with Gasteiger partial charge in [0, 0.05) is 19.1 Å². The first kappa shape index (κ1) is 25.7. The van der Waals surface area contributed by atoms with E-state index in [1.165, 1.54) is 56.4 Å². The molecule has 2 heterocycles. The van der Waals surface area contributed by atoms with Crippen LogP contribution in [-0.2, 0) is 14.9 Å². The van der Waals surface area contributed by atoms with Gasteiger partial charge in [0.2, 0.25) is 5.91 Å². The maximum atomic E-state index is 13.8. The Kier molecular flexibility index (Phi) is 7.51. The summed E-state index contributed by atoms with van der Waals surface area (Å²) in [7, 11) is 0. The SMILES string of the molecule is CCN(C(=O)C1CCOC(C)(C)C1)[C@H]1CCC2(CCN(CCC(C)(C)C)CC2)c2ccccc21. The molecular formula is C30H48N2O2. The monoisotopic (exact) mass is 468 g/mol. The number of hydrogen-bond acceptors (Lipinski definition) is 3. The number of hydrogen-bond donors (Lipinski definition) is 0. The van der Waals surface area contributed by atoms with E-state index in [4.69, 9.17) is 4.74 Å². The van der Waals surface area contributed by atoms with Crippen LogP contribution >= 0.6 is 0 Å². The van der Waals surface area contributed by atoms with Crippen LogP contribution in [0.4, 0.5) is 0 Å². The van der Waals surface area contributed by atoms with E-state index in [-0.39, 0.29) is 23.0 Å². The van der Waals surface area contributed by atoms with Crippen molar-refractivity contribution in [3.05, 3.63) is 35.4 Å². The molecule has 0 bridgehead atoms. The van der Waals surface area contributed by atoms with Crippen molar-refractivity contribution in [2.24, 2.45) is 11.3 Å². The minimum absolute atomic E-state index is 0.0813. The van der Waals surface area contributed by atoms with Crippen LogP contribution in [-0.4, -0.2) is 54.1 Å². The zero-order chi connectivity index (χ0) is 24.6. The second kappa shape index (κ2) is 9.93. The molecule has 1 unspecified atom stereocenters. The summed E-state index contributed by atoms with van der Waals surface area (Å²) in [5, 5.41) is 0. The molecule has 4 nitrogen and oxygen atoms in total. The summed E-state index contributed by atoms with van der Waals surface area (Å²) in [5.74, 6) is 0.421. The fraction of sp³-hybridized carbons (Fsp3) is 0.767. The van der Waals surface area contributed by atoms with Gasteiger partial charge in [-0.15, -0.1) is 0 Å². The van der Waals surface area contributed by atoms with Gasteiger partial charge in [-0.2, -0.15) is 0 Å². The molecule has 190 valence electrons. The Hall–Kier alpha value is -1.39. The highest BCUT2D eigenvalue weighted by Crippen LogP contribution is 2.50. The van der Waals surface area contributed by atoms with Crippen LogP contribution in [0.1, 0.15) is 104 Å². The molecule has 1 aromatic carbocycles. The maximum Gasteiger partial charge on any atom is 0.226 e. The highest BCUT2D eigenvalue weighted by molar-refractivity contribution is 5.79. The van der Waals surface area contributed by atoms with Gasteiger partial charge in [0.05, 0.1) is 11.6 Å². The molecule has 0 radical (unpaired) electrons. The van der Waals surface area contributed by atoms with Gasteiger partial charge >= 0.3 is 0 Å². The first-order valence-corrected chi connectivity index (χ1v) is 13.8. The maximum absolute atomic E-state index is 13.8. The van der Waals surface area contributed by atoms with E-state index in [2.05, 4.69) is 75.6 Å². The predicted octanol–water partition coefficient (Wildman–Crippen LogP) is 6.35. The molecule has 0 N–H and O–H groups in total. The van der Waals surface area contributed by atoms with E-state index in [1.54, 1.807) is 0 Å². The van der Waals surface area contributed by atoms with Crippen LogP contribution in [0.5, 0.6) is 0 Å². The molecule has 1 spiro atoms. The number of amides is 1. The van der Waals surface area contributed by atoms with Gasteiger partial charge in [0.25, 0.3) is 0 Å². The van der Waals surface area contributed by atoms with Crippen LogP contribution in [0.15, 0.2) is 24.3 Å². The number of ether oxygens (including phenoxy) is 1. The zero-order valence-corrected chi connectivity index (χ0v) is 22.7. The number of likely N-dealkylation sites (tertiary alicyclic amines) is 1. The number of benzene rings is 1. The smallest absolute Gasteiger partial charge is 0.226 e. The molecule has 2 fully saturated rings. The molecule has 4 rings (SSSR count). The van der Waals surface area contributed by atoms with Crippen LogP contribution in [0.25, 0.3) is 0 Å². The lowest BCUT2D eigenvalue weighted by Gasteiger charge is -2.49. The van der Waals surface area contributed by atoms with Crippen molar-refractivity contribution in [1.82, 2.24) is 9.80 Å². The Morgan fingerprint density at radius 3 is 2.47 bits per heavy atom. The molecule has 2 atom stereocenters. The van der Waals surface area contributed by atoms with Crippen molar-refractivity contribution in [3.8, 4) is 0 Å². The zero-order valence-electron chi connectivity index (χ0n) is 22.7. The molecule has 2 aliphatic heterocycles. The van der Waals surface area contributed by atoms with Gasteiger partial charge in [-0.25, -0.2) is 0 Å². The van der Waals surface area contributed by atoms with E-state index in [1.807, 2.05) is 0 Å². The predicted molar refractivity (Wildman–Crippen MR) is 140 cm³/mol. The van der Waals surface area contributed by atoms with Crippen LogP contribution < -0.4 is 0 Å². The molecule has 4 heteroatoms. The molecular weight excluding hydrogens is 420 g/mol. The third-order valence-corrected chi connectivity index (χ3v) is 8.82. The van der Waals surface area contributed by atoms with Gasteiger partial charge in [0.1, 0.15) is 0 Å². The van der Waals surface area contributed by atoms with Crippen molar-refractivity contribution >= 4 is 5.91 Å². The Balaban J connectivity index is 1.51. The van der Waals surface area contributed by atoms with Gasteiger partial charge in [-0.1, -0.05) is 45.0 Å². The second-order valence-electron chi connectivity index (χ2n) is 13.0. The second-order valence-corrected chi connectivity index (χ2v) is 13.0. The first-order chi connectivity index (χ1) is 16.0. The van der Waals surface area contributed by atoms with Crippen LogP contribution in [0.3, 0.4) is 0 Å². The van der Waals surface area contributed by atoms with Crippen molar-refractivity contribution in [3.63, 3.8) is 0 Å². The normalized spacial score (nSPS) is 26.8. The largest absolute Gasteiger partial charge is 0.376 e. The van der Waals surface area contributed by atoms with Crippen LogP contribution in [0.2, 0.25) is 0 Å². The fourth-order valence-electron chi connectivity index (χ4n) is 6.72. The van der Waals surface area contributed by atoms with E-state index >= 15 is 0 Å². The molecule has 1 aromatic rings. The number of nitrogens with zero attached hydrogens (tertiary/aromatic N) is 2. The Bertz CT molecular complexity index is 848. The van der Waals surface area contributed by atoms with Gasteiger partial charge in [-0.3, -0.25) is 4.79 Å². The summed E-state index contributed by atoms with van der Waals surface area (Å²) in [6.07, 6.45) is 7.71. The fourth-order valence-corrected chi connectivity index (χ4v) is 6.72. The van der Waals surface area contributed by atoms with Crippen molar-refractivity contribution in [2.45, 2.75) is 104 Å². The summed E-state index contributed by atoms with van der Waals surface area (Å²) >= 11 is 0. The first-order valence-electron chi connectivity index (χ1n) is 13.8. The minimum atomic E-state index is -0.201. The highest BCUT2D eigenvalue weighted by atomic mass is 16.5. The van der Waals surface area contributed by atoms with E-state index in [0.29, 0.717) is 17.9 Å². The number of piperidine rings is 1. The van der Waals surface area contributed by atoms with Gasteiger partial charge in [-0.05, 0) is 107 Å². The Labute approximate surface area is 208 Å². The van der Waals surface area contributed by atoms with E-state index in [0.717, 1.165) is 25.8 Å². The molecule has 1 aliphatic carbocycles. The third-order valence-electron chi connectivity index (χ3n) is 8.82. The molecule has 0 saturated carbocycles. The standard InChI is InChI=1S/C30H48N2O2/c1-7-32(27(33)23-13-21-34-29(5,6)22-23)26-12-14-30(25-11-9-8-10-24(25)26)16-19-31(20-17-30)18-15-28(2,3)4/h8-11,23,26H,7,12-22H2,1-6H3/t23?,26-/m0/s1.